The molecule has 2 aliphatic heterocycles. The highest BCUT2D eigenvalue weighted by Gasteiger charge is 2.22. The minimum absolute atomic E-state index is 0.0472. The molecule has 0 unspecified atom stereocenters. The summed E-state index contributed by atoms with van der Waals surface area (Å²) in [7, 11) is 0. The van der Waals surface area contributed by atoms with Crippen LogP contribution < -0.4 is 10.5 Å². The zero-order valence-electron chi connectivity index (χ0n) is 16.3. The first kappa shape index (κ1) is 18.0. The lowest BCUT2D eigenvalue weighted by atomic mass is 10.1. The molecule has 5 rings (SSSR count). The quantitative estimate of drug-likeness (QED) is 0.739. The molecular formula is C22H24N6O. The van der Waals surface area contributed by atoms with E-state index in [1.807, 2.05) is 18.3 Å². The molecule has 2 aliphatic rings. The normalized spacial score (nSPS) is 16.8. The van der Waals surface area contributed by atoms with Crippen LogP contribution in [0.1, 0.15) is 29.7 Å². The van der Waals surface area contributed by atoms with Gasteiger partial charge in [-0.2, -0.15) is 0 Å². The van der Waals surface area contributed by atoms with Crippen molar-refractivity contribution >= 4 is 5.82 Å². The first-order valence-corrected chi connectivity index (χ1v) is 10.2. The molecule has 3 aromatic rings. The number of pyridine rings is 2. The lowest BCUT2D eigenvalue weighted by Gasteiger charge is -2.27. The van der Waals surface area contributed by atoms with Gasteiger partial charge in [0, 0.05) is 63.3 Å². The van der Waals surface area contributed by atoms with Gasteiger partial charge < -0.3 is 9.88 Å². The Balaban J connectivity index is 1.30. The molecule has 0 amide bonds. The Labute approximate surface area is 169 Å². The standard InChI is InChI=1S/C22H24N6O/c29-22-18-15-27(14-16-3-4-20(24-13-16)28-10-1-2-11-28)12-7-19(18)25-21(26-22)17-5-8-23-9-6-17/h3-6,8-9,13H,1-2,7,10-12,14-15H2,(H,25,26,29). The largest absolute Gasteiger partial charge is 0.357 e. The lowest BCUT2D eigenvalue weighted by molar-refractivity contribution is 0.241. The van der Waals surface area contributed by atoms with Gasteiger partial charge in [-0.3, -0.25) is 14.7 Å². The van der Waals surface area contributed by atoms with Gasteiger partial charge in [-0.1, -0.05) is 6.07 Å². The summed E-state index contributed by atoms with van der Waals surface area (Å²) in [5.74, 6) is 1.69. The molecule has 0 saturated carbocycles. The number of H-pyrrole nitrogens is 1. The van der Waals surface area contributed by atoms with Gasteiger partial charge in [-0.15, -0.1) is 0 Å². The number of hydrogen-bond donors (Lipinski definition) is 1. The van der Waals surface area contributed by atoms with Crippen LogP contribution in [0.5, 0.6) is 0 Å². The van der Waals surface area contributed by atoms with Crippen molar-refractivity contribution in [3.05, 3.63) is 70.0 Å². The van der Waals surface area contributed by atoms with E-state index in [4.69, 9.17) is 4.98 Å². The molecule has 0 radical (unpaired) electrons. The predicted molar refractivity (Wildman–Crippen MR) is 112 cm³/mol. The summed E-state index contributed by atoms with van der Waals surface area (Å²) in [6, 6.07) is 8.00. The lowest BCUT2D eigenvalue weighted by Crippen LogP contribution is -2.35. The van der Waals surface area contributed by atoms with Crippen LogP contribution in [0.4, 0.5) is 5.82 Å². The first-order valence-electron chi connectivity index (χ1n) is 10.2. The molecule has 148 valence electrons. The zero-order chi connectivity index (χ0) is 19.6. The third kappa shape index (κ3) is 3.78. The smallest absolute Gasteiger partial charge is 0.255 e. The third-order valence-electron chi connectivity index (χ3n) is 5.75. The van der Waals surface area contributed by atoms with Crippen LogP contribution in [-0.2, 0) is 19.5 Å². The van der Waals surface area contributed by atoms with E-state index in [0.29, 0.717) is 12.4 Å². The highest BCUT2D eigenvalue weighted by molar-refractivity contribution is 5.54. The Morgan fingerprint density at radius 3 is 2.62 bits per heavy atom. The van der Waals surface area contributed by atoms with Crippen LogP contribution in [0.15, 0.2) is 47.7 Å². The highest BCUT2D eigenvalue weighted by Crippen LogP contribution is 2.21. The highest BCUT2D eigenvalue weighted by atomic mass is 16.1. The van der Waals surface area contributed by atoms with Gasteiger partial charge in [0.25, 0.3) is 5.56 Å². The maximum Gasteiger partial charge on any atom is 0.255 e. The van der Waals surface area contributed by atoms with Crippen LogP contribution in [-0.4, -0.2) is 44.5 Å². The number of anilines is 1. The summed E-state index contributed by atoms with van der Waals surface area (Å²) < 4.78 is 0. The monoisotopic (exact) mass is 388 g/mol. The van der Waals surface area contributed by atoms with Crippen molar-refractivity contribution < 1.29 is 0 Å². The SMILES string of the molecule is O=c1[nH]c(-c2ccncc2)nc2c1CN(Cc1ccc(N3CCCC3)nc1)CC2. The minimum Gasteiger partial charge on any atom is -0.357 e. The predicted octanol–water partition coefficient (Wildman–Crippen LogP) is 2.39. The van der Waals surface area contributed by atoms with Crippen molar-refractivity contribution in [1.82, 2.24) is 24.8 Å². The average molecular weight is 388 g/mol. The Morgan fingerprint density at radius 1 is 1.03 bits per heavy atom. The van der Waals surface area contributed by atoms with Gasteiger partial charge >= 0.3 is 0 Å². The molecule has 0 aromatic carbocycles. The van der Waals surface area contributed by atoms with Gasteiger partial charge in [0.1, 0.15) is 11.6 Å². The van der Waals surface area contributed by atoms with Crippen molar-refractivity contribution in [2.45, 2.75) is 32.4 Å². The van der Waals surface area contributed by atoms with Crippen molar-refractivity contribution in [3.63, 3.8) is 0 Å². The maximum atomic E-state index is 12.7. The molecular weight excluding hydrogens is 364 g/mol. The van der Waals surface area contributed by atoms with E-state index in [1.165, 1.54) is 18.4 Å². The van der Waals surface area contributed by atoms with E-state index >= 15 is 0 Å². The van der Waals surface area contributed by atoms with E-state index in [2.05, 4.69) is 36.9 Å². The number of aromatic amines is 1. The topological polar surface area (TPSA) is 78.0 Å². The van der Waals surface area contributed by atoms with Crippen LogP contribution >= 0.6 is 0 Å². The molecule has 7 nitrogen and oxygen atoms in total. The Kier molecular flexibility index (Phi) is 4.81. The van der Waals surface area contributed by atoms with E-state index in [0.717, 1.165) is 55.2 Å². The summed E-state index contributed by atoms with van der Waals surface area (Å²) in [6.07, 6.45) is 8.66. The molecule has 5 heterocycles. The molecule has 0 spiro atoms. The third-order valence-corrected chi connectivity index (χ3v) is 5.75. The molecule has 0 bridgehead atoms. The fraction of sp³-hybridized carbons (Fsp3) is 0.364. The summed E-state index contributed by atoms with van der Waals surface area (Å²) in [5.41, 5.74) is 3.68. The van der Waals surface area contributed by atoms with Crippen LogP contribution in [0.2, 0.25) is 0 Å². The second-order valence-corrected chi connectivity index (χ2v) is 7.76. The maximum absolute atomic E-state index is 12.7. The molecule has 0 atom stereocenters. The van der Waals surface area contributed by atoms with Crippen molar-refractivity contribution in [2.75, 3.05) is 24.5 Å². The van der Waals surface area contributed by atoms with Crippen molar-refractivity contribution in [2.24, 2.45) is 0 Å². The van der Waals surface area contributed by atoms with E-state index in [-0.39, 0.29) is 5.56 Å². The fourth-order valence-corrected chi connectivity index (χ4v) is 4.16. The number of nitrogens with one attached hydrogen (secondary N) is 1. The first-order chi connectivity index (χ1) is 14.3. The van der Waals surface area contributed by atoms with Crippen LogP contribution in [0, 0.1) is 0 Å². The van der Waals surface area contributed by atoms with Gasteiger partial charge in [0.15, 0.2) is 0 Å². The van der Waals surface area contributed by atoms with E-state index < -0.39 is 0 Å². The molecule has 1 fully saturated rings. The average Bonchev–Trinajstić information content (AvgIpc) is 3.30. The van der Waals surface area contributed by atoms with Gasteiger partial charge in [0.05, 0.1) is 11.3 Å². The van der Waals surface area contributed by atoms with Crippen molar-refractivity contribution in [1.29, 1.82) is 0 Å². The molecule has 1 N–H and O–H groups in total. The molecule has 0 aliphatic carbocycles. The molecule has 7 heteroatoms. The summed E-state index contributed by atoms with van der Waals surface area (Å²) in [5, 5.41) is 0. The fourth-order valence-electron chi connectivity index (χ4n) is 4.16. The molecule has 3 aromatic heterocycles. The van der Waals surface area contributed by atoms with Gasteiger partial charge in [-0.25, -0.2) is 9.97 Å². The number of fused-ring (bicyclic) bond motifs is 1. The van der Waals surface area contributed by atoms with E-state index in [9.17, 15) is 4.79 Å². The van der Waals surface area contributed by atoms with Gasteiger partial charge in [0.2, 0.25) is 0 Å². The minimum atomic E-state index is -0.0472. The number of nitrogens with zero attached hydrogens (tertiary/aromatic N) is 5. The van der Waals surface area contributed by atoms with E-state index in [1.54, 1.807) is 12.4 Å². The number of rotatable bonds is 4. The second kappa shape index (κ2) is 7.75. The summed E-state index contributed by atoms with van der Waals surface area (Å²) in [4.78, 5) is 33.6. The number of hydrogen-bond acceptors (Lipinski definition) is 6. The summed E-state index contributed by atoms with van der Waals surface area (Å²) >= 11 is 0. The van der Waals surface area contributed by atoms with Crippen molar-refractivity contribution in [3.8, 4) is 11.4 Å². The van der Waals surface area contributed by atoms with Crippen LogP contribution in [0.3, 0.4) is 0 Å². The van der Waals surface area contributed by atoms with Crippen LogP contribution in [0.25, 0.3) is 11.4 Å². The Morgan fingerprint density at radius 2 is 1.86 bits per heavy atom. The molecule has 29 heavy (non-hydrogen) atoms. The Bertz CT molecular complexity index is 1040. The Hall–Kier alpha value is -3.06. The summed E-state index contributed by atoms with van der Waals surface area (Å²) in [6.45, 7) is 4.49. The number of aromatic nitrogens is 4. The van der Waals surface area contributed by atoms with Gasteiger partial charge in [-0.05, 0) is 36.6 Å². The molecule has 1 saturated heterocycles. The zero-order valence-corrected chi connectivity index (χ0v) is 16.3. The second-order valence-electron chi connectivity index (χ2n) is 7.76.